The number of amides is 1. The highest BCUT2D eigenvalue weighted by Crippen LogP contribution is 2.45. The molecule has 0 saturated carbocycles. The van der Waals surface area contributed by atoms with E-state index in [1.165, 1.54) is 5.56 Å². The van der Waals surface area contributed by atoms with E-state index in [4.69, 9.17) is 4.98 Å². The van der Waals surface area contributed by atoms with Crippen molar-refractivity contribution in [2.75, 3.05) is 24.5 Å². The van der Waals surface area contributed by atoms with E-state index < -0.39 is 0 Å². The molecule has 3 aromatic heterocycles. The number of carbonyl (C=O) groups is 1. The molecule has 2 aliphatic heterocycles. The SMILES string of the molecule is Cn1cc(CN2CC[C@]3(C2)CN(C(=O)c2ccsc2)c2cccnc23)cn1. The number of hydrogen-bond donors (Lipinski definition) is 0. The Hall–Kier alpha value is -2.51. The highest BCUT2D eigenvalue weighted by Gasteiger charge is 2.49. The minimum atomic E-state index is -0.0789. The molecule has 3 aromatic rings. The van der Waals surface area contributed by atoms with Crippen LogP contribution in [0.1, 0.15) is 28.0 Å². The van der Waals surface area contributed by atoms with Gasteiger partial charge in [0, 0.05) is 55.4 Å². The lowest BCUT2D eigenvalue weighted by molar-refractivity contribution is 0.0985. The summed E-state index contributed by atoms with van der Waals surface area (Å²) < 4.78 is 1.84. The van der Waals surface area contributed by atoms with E-state index >= 15 is 0 Å². The second-order valence-corrected chi connectivity index (χ2v) is 8.32. The van der Waals surface area contributed by atoms with Crippen LogP contribution in [0, 0.1) is 0 Å². The smallest absolute Gasteiger partial charge is 0.259 e. The fraction of sp³-hybridized carbons (Fsp3) is 0.350. The largest absolute Gasteiger partial charge is 0.305 e. The van der Waals surface area contributed by atoms with E-state index in [1.807, 2.05) is 58.0 Å². The van der Waals surface area contributed by atoms with Crippen LogP contribution in [0.4, 0.5) is 5.69 Å². The number of fused-ring (bicyclic) bond motifs is 2. The Morgan fingerprint density at radius 1 is 1.33 bits per heavy atom. The van der Waals surface area contributed by atoms with Gasteiger partial charge in [0.2, 0.25) is 0 Å². The summed E-state index contributed by atoms with van der Waals surface area (Å²) in [4.78, 5) is 22.2. The minimum Gasteiger partial charge on any atom is -0.305 e. The lowest BCUT2D eigenvalue weighted by atomic mass is 9.85. The number of aryl methyl sites for hydroxylation is 1. The molecule has 6 nitrogen and oxygen atoms in total. The van der Waals surface area contributed by atoms with Gasteiger partial charge in [-0.25, -0.2) is 0 Å². The van der Waals surface area contributed by atoms with Crippen molar-refractivity contribution < 1.29 is 4.79 Å². The quantitative estimate of drug-likeness (QED) is 0.702. The number of hydrogen-bond acceptors (Lipinski definition) is 5. The first-order valence-electron chi connectivity index (χ1n) is 9.14. The van der Waals surface area contributed by atoms with E-state index in [2.05, 4.69) is 16.2 Å². The van der Waals surface area contributed by atoms with Gasteiger partial charge in [0.1, 0.15) is 0 Å². The Balaban J connectivity index is 1.43. The van der Waals surface area contributed by atoms with Crippen LogP contribution in [0.25, 0.3) is 0 Å². The number of anilines is 1. The molecule has 0 N–H and O–H groups in total. The highest BCUT2D eigenvalue weighted by atomic mass is 32.1. The number of nitrogens with zero attached hydrogens (tertiary/aromatic N) is 5. The summed E-state index contributed by atoms with van der Waals surface area (Å²) in [5.41, 5.74) is 3.95. The fourth-order valence-electron chi connectivity index (χ4n) is 4.44. The Morgan fingerprint density at radius 2 is 2.26 bits per heavy atom. The molecule has 27 heavy (non-hydrogen) atoms. The monoisotopic (exact) mass is 379 g/mol. The molecule has 5 heterocycles. The van der Waals surface area contributed by atoms with Crippen LogP contribution >= 0.6 is 11.3 Å². The molecule has 2 aliphatic rings. The van der Waals surface area contributed by atoms with Gasteiger partial charge in [-0.1, -0.05) is 0 Å². The first-order valence-corrected chi connectivity index (χ1v) is 10.1. The van der Waals surface area contributed by atoms with Crippen LogP contribution in [-0.4, -0.2) is 45.2 Å². The molecule has 1 saturated heterocycles. The van der Waals surface area contributed by atoms with E-state index in [-0.39, 0.29) is 11.3 Å². The Labute approximate surface area is 162 Å². The third-order valence-electron chi connectivity index (χ3n) is 5.65. The van der Waals surface area contributed by atoms with Crippen molar-refractivity contribution in [1.29, 1.82) is 0 Å². The summed E-state index contributed by atoms with van der Waals surface area (Å²) in [6.45, 7) is 3.51. The van der Waals surface area contributed by atoms with Crippen LogP contribution in [0.2, 0.25) is 0 Å². The summed E-state index contributed by atoms with van der Waals surface area (Å²) in [6.07, 6.45) is 6.87. The highest BCUT2D eigenvalue weighted by molar-refractivity contribution is 7.08. The van der Waals surface area contributed by atoms with Crippen LogP contribution in [0.5, 0.6) is 0 Å². The van der Waals surface area contributed by atoms with Crippen molar-refractivity contribution in [1.82, 2.24) is 19.7 Å². The van der Waals surface area contributed by atoms with Crippen molar-refractivity contribution in [3.63, 3.8) is 0 Å². The number of carbonyl (C=O) groups excluding carboxylic acids is 1. The molecule has 1 fully saturated rings. The molecular weight excluding hydrogens is 358 g/mol. The molecule has 0 unspecified atom stereocenters. The van der Waals surface area contributed by atoms with Crippen molar-refractivity contribution in [3.8, 4) is 0 Å². The third-order valence-corrected chi connectivity index (χ3v) is 6.33. The second-order valence-electron chi connectivity index (χ2n) is 7.54. The van der Waals surface area contributed by atoms with Crippen LogP contribution < -0.4 is 4.90 Å². The van der Waals surface area contributed by atoms with Crippen molar-refractivity contribution in [3.05, 3.63) is 64.4 Å². The molecule has 0 radical (unpaired) electrons. The molecule has 1 atom stereocenters. The van der Waals surface area contributed by atoms with Crippen LogP contribution in [0.15, 0.2) is 47.5 Å². The summed E-state index contributed by atoms with van der Waals surface area (Å²) in [7, 11) is 1.94. The maximum absolute atomic E-state index is 13.1. The van der Waals surface area contributed by atoms with Gasteiger partial charge >= 0.3 is 0 Å². The predicted octanol–water partition coefficient (Wildman–Crippen LogP) is 2.68. The third kappa shape index (κ3) is 2.78. The van der Waals surface area contributed by atoms with Crippen molar-refractivity contribution >= 4 is 22.9 Å². The molecule has 0 bridgehead atoms. The van der Waals surface area contributed by atoms with Crippen LogP contribution in [-0.2, 0) is 19.0 Å². The lowest BCUT2D eigenvalue weighted by Crippen LogP contribution is -2.39. The molecule has 1 spiro atoms. The molecule has 7 heteroatoms. The van der Waals surface area contributed by atoms with Gasteiger partial charge in [-0.15, -0.1) is 0 Å². The maximum Gasteiger partial charge on any atom is 0.259 e. The van der Waals surface area contributed by atoms with Crippen molar-refractivity contribution in [2.45, 2.75) is 18.4 Å². The summed E-state index contributed by atoms with van der Waals surface area (Å²) in [5, 5.41) is 8.15. The lowest BCUT2D eigenvalue weighted by Gasteiger charge is -2.25. The Bertz CT molecular complexity index is 982. The number of rotatable bonds is 3. The van der Waals surface area contributed by atoms with Gasteiger partial charge in [0.15, 0.2) is 0 Å². The molecule has 1 amide bonds. The number of aromatic nitrogens is 3. The summed E-state index contributed by atoms with van der Waals surface area (Å²) in [6, 6.07) is 5.86. The first-order chi connectivity index (χ1) is 13.1. The van der Waals surface area contributed by atoms with E-state index in [1.54, 1.807) is 11.3 Å². The average molecular weight is 379 g/mol. The van der Waals surface area contributed by atoms with Gasteiger partial charge in [-0.3, -0.25) is 19.4 Å². The Kier molecular flexibility index (Phi) is 3.87. The molecule has 5 rings (SSSR count). The normalized spacial score (nSPS) is 21.9. The standard InChI is InChI=1S/C20H21N5OS/c1-23-10-15(9-22-23)11-24-7-5-20(13-24)14-25(17-3-2-6-21-18(17)20)19(26)16-4-8-27-12-16/h2-4,6,8-10,12H,5,7,11,13-14H2,1H3/t20-/m0/s1. The maximum atomic E-state index is 13.1. The minimum absolute atomic E-state index is 0.0769. The van der Waals surface area contributed by atoms with Crippen molar-refractivity contribution in [2.24, 2.45) is 7.05 Å². The van der Waals surface area contributed by atoms with E-state index in [0.717, 1.165) is 43.0 Å². The van der Waals surface area contributed by atoms with Gasteiger partial charge in [-0.2, -0.15) is 16.4 Å². The van der Waals surface area contributed by atoms with E-state index in [0.29, 0.717) is 6.54 Å². The van der Waals surface area contributed by atoms with Gasteiger partial charge in [-0.05, 0) is 36.5 Å². The van der Waals surface area contributed by atoms with Gasteiger partial charge in [0.25, 0.3) is 5.91 Å². The van der Waals surface area contributed by atoms with Crippen LogP contribution in [0.3, 0.4) is 0 Å². The number of pyridine rings is 1. The molecule has 0 aliphatic carbocycles. The zero-order chi connectivity index (χ0) is 18.4. The fourth-order valence-corrected chi connectivity index (χ4v) is 5.07. The van der Waals surface area contributed by atoms with E-state index in [9.17, 15) is 4.79 Å². The zero-order valence-corrected chi connectivity index (χ0v) is 16.0. The second kappa shape index (κ2) is 6.28. The first kappa shape index (κ1) is 16.6. The topological polar surface area (TPSA) is 54.3 Å². The molecular formula is C20H21N5OS. The van der Waals surface area contributed by atoms with Gasteiger partial charge in [0.05, 0.1) is 23.1 Å². The Morgan fingerprint density at radius 3 is 3.04 bits per heavy atom. The zero-order valence-electron chi connectivity index (χ0n) is 15.2. The predicted molar refractivity (Wildman–Crippen MR) is 105 cm³/mol. The average Bonchev–Trinajstić information content (AvgIpc) is 3.45. The number of likely N-dealkylation sites (tertiary alicyclic amines) is 1. The molecule has 138 valence electrons. The summed E-state index contributed by atoms with van der Waals surface area (Å²) >= 11 is 1.56. The van der Waals surface area contributed by atoms with Gasteiger partial charge < -0.3 is 4.90 Å². The number of thiophene rings is 1. The summed E-state index contributed by atoms with van der Waals surface area (Å²) in [5.74, 6) is 0.0769. The molecule has 0 aromatic carbocycles.